The van der Waals surface area contributed by atoms with Crippen LogP contribution in [0.5, 0.6) is 0 Å². The van der Waals surface area contributed by atoms with E-state index in [2.05, 4.69) is 64.7 Å². The minimum Gasteiger partial charge on any atom is -0.423 e. The summed E-state index contributed by atoms with van der Waals surface area (Å²) in [6.07, 6.45) is 18.7. The number of rotatable bonds is 8. The molecule has 0 amide bonds. The average molecular weight is 1200 g/mol. The second-order valence-electron chi connectivity index (χ2n) is 18.6. The summed E-state index contributed by atoms with van der Waals surface area (Å²) >= 11 is 0. The highest BCUT2D eigenvalue weighted by Crippen LogP contribution is 2.36. The van der Waals surface area contributed by atoms with E-state index in [0.717, 1.165) is 34.0 Å². The summed E-state index contributed by atoms with van der Waals surface area (Å²) in [5, 5.41) is 130. The van der Waals surface area contributed by atoms with Crippen molar-refractivity contribution in [3.05, 3.63) is 200 Å². The first-order chi connectivity index (χ1) is 41.7. The average Bonchev–Trinajstić information content (AvgIpc) is 3.16. The van der Waals surface area contributed by atoms with Crippen molar-refractivity contribution in [2.75, 3.05) is 0 Å². The number of pyridine rings is 5. The topological polar surface area (TPSA) is 452 Å². The molecule has 0 saturated carbocycles. The van der Waals surface area contributed by atoms with Crippen molar-refractivity contribution in [2.24, 2.45) is 0 Å². The molecule has 9 heterocycles. The molecule has 9 aromatic rings. The van der Waals surface area contributed by atoms with Crippen LogP contribution in [0.1, 0.15) is 39.0 Å². The number of aryl methyl sites for hydroxylation is 2. The Hall–Kier alpha value is -8.67. The third-order valence-corrected chi connectivity index (χ3v) is 11.7. The van der Waals surface area contributed by atoms with Crippen LogP contribution in [-0.4, -0.2) is 194 Å². The molecule has 0 atom stereocenters. The number of benzene rings is 1. The molecule has 0 aliphatic carbocycles. The molecule has 29 nitrogen and oxygen atoms in total. The largest absolute Gasteiger partial charge is 0.516 e. The molecule has 0 bridgehead atoms. The highest BCUT2D eigenvalue weighted by atomic mass is 16.7. The SMILES string of the molecule is CC1(C)OB(c2cccnn2)OC1(C)C.Cc1cc(B(O)O)ccn1.Cc1cnccc1B(O)O.OB(O)c1ccnc2ccccc12.OB(O)c1ccncc1.OB(O)c1cnccn1.[C-]#[N+]c1ccnc(B(O)O)c1.[C-]#[N+]c1cnc(B(O)O)cn1. The number of aromatic nitrogens is 11. The first kappa shape index (κ1) is 73.6. The lowest BCUT2D eigenvalue weighted by Gasteiger charge is -2.32. The molecule has 448 valence electrons. The van der Waals surface area contributed by atoms with Crippen LogP contribution >= 0.6 is 0 Å². The van der Waals surface area contributed by atoms with Crippen LogP contribution in [-0.2, 0) is 9.31 Å². The minimum absolute atomic E-state index is 0.0393. The number of para-hydroxylation sites is 1. The highest BCUT2D eigenvalue weighted by Gasteiger charge is 2.52. The van der Waals surface area contributed by atoms with Crippen LogP contribution in [0.3, 0.4) is 0 Å². The van der Waals surface area contributed by atoms with E-state index in [1.54, 1.807) is 75.0 Å². The molecule has 0 radical (unpaired) electrons. The predicted molar refractivity (Wildman–Crippen MR) is 331 cm³/mol. The fraction of sp³-hybridized carbons (Fsp3) is 0.157. The molecule has 1 aromatic carbocycles. The number of hydrogen-bond acceptors (Lipinski definition) is 27. The van der Waals surface area contributed by atoms with Crippen molar-refractivity contribution in [2.45, 2.75) is 52.7 Å². The molecule has 1 aliphatic rings. The summed E-state index contributed by atoms with van der Waals surface area (Å²) in [4.78, 5) is 39.6. The van der Waals surface area contributed by atoms with Gasteiger partial charge in [0.1, 0.15) is 11.8 Å². The van der Waals surface area contributed by atoms with E-state index in [-0.39, 0.29) is 33.8 Å². The van der Waals surface area contributed by atoms with Crippen molar-refractivity contribution in [1.29, 1.82) is 0 Å². The third kappa shape index (κ3) is 25.7. The van der Waals surface area contributed by atoms with E-state index in [9.17, 15) is 0 Å². The van der Waals surface area contributed by atoms with Crippen LogP contribution in [0.2, 0.25) is 0 Å². The molecular weight excluding hydrogens is 1140 g/mol. The maximum Gasteiger partial charge on any atom is 0.516 e. The second kappa shape index (κ2) is 37.8. The zero-order chi connectivity index (χ0) is 65.4. The Labute approximate surface area is 508 Å². The third-order valence-electron chi connectivity index (χ3n) is 11.7. The second-order valence-corrected chi connectivity index (χ2v) is 18.6. The summed E-state index contributed by atoms with van der Waals surface area (Å²) in [6, 6.07) is 23.3. The molecular formula is C51H59B8N13O16. The molecule has 10 rings (SSSR count). The molecule has 0 unspecified atom stereocenters. The lowest BCUT2D eigenvalue weighted by Crippen LogP contribution is -2.41. The highest BCUT2D eigenvalue weighted by molar-refractivity contribution is 6.62. The molecule has 1 saturated heterocycles. The molecule has 37 heteroatoms. The van der Waals surface area contributed by atoms with E-state index in [1.807, 2.05) is 64.1 Å². The number of hydrogen-bond donors (Lipinski definition) is 14. The Morgan fingerprint density at radius 2 is 1.00 bits per heavy atom. The number of nitrogens with zero attached hydrogens (tertiary/aromatic N) is 13. The van der Waals surface area contributed by atoms with Gasteiger partial charge in [-0.2, -0.15) is 10.2 Å². The van der Waals surface area contributed by atoms with Crippen molar-refractivity contribution >= 4 is 124 Å². The van der Waals surface area contributed by atoms with E-state index in [4.69, 9.17) is 92.8 Å². The maximum absolute atomic E-state index is 9.05. The van der Waals surface area contributed by atoms with Gasteiger partial charge in [0.15, 0.2) is 5.69 Å². The van der Waals surface area contributed by atoms with Crippen LogP contribution < -0.4 is 44.2 Å². The smallest absolute Gasteiger partial charge is 0.423 e. The van der Waals surface area contributed by atoms with Crippen molar-refractivity contribution in [1.82, 2.24) is 55.1 Å². The van der Waals surface area contributed by atoms with Crippen LogP contribution in [0, 0.1) is 27.0 Å². The molecule has 0 spiro atoms. The molecule has 8 aromatic heterocycles. The Bertz CT molecular complexity index is 3480. The van der Waals surface area contributed by atoms with E-state index >= 15 is 0 Å². The Morgan fingerprint density at radius 3 is 1.47 bits per heavy atom. The lowest BCUT2D eigenvalue weighted by molar-refractivity contribution is 0.00578. The summed E-state index contributed by atoms with van der Waals surface area (Å²) < 4.78 is 11.7. The molecule has 14 N–H and O–H groups in total. The van der Waals surface area contributed by atoms with Crippen LogP contribution in [0.4, 0.5) is 11.5 Å². The summed E-state index contributed by atoms with van der Waals surface area (Å²) in [5.74, 6) is 0.134. The lowest BCUT2D eigenvalue weighted by atomic mass is 9.78. The van der Waals surface area contributed by atoms with E-state index in [1.165, 1.54) is 61.7 Å². The quantitative estimate of drug-likeness (QED) is 0.0497. The standard InChI is InChI=1S/C10H15BN2O2.C9H8BNO2.C6H5BN2O2.2C6H8BNO2.C5H4BN3O2.C5H6BNO2.C4H5BN2O2/c1-9(2)10(3,4)15-11(14-9)8-6-5-7-12-13-8;12-10(13)8-5-6-11-9-4-2-1-3-7(8)9;1-8-5-2-3-9-6(4-5)7(10)11;1-5-4-8-3-2-6(5)7(9)10;1-5-4-6(7(9)10)2-3-8-5;1-7-5-3-8-4(2-9-5)6(10)11;8-6(9)5-1-3-7-4-2-5;8-5(9)4-3-6-1-2-7-4/h5-7H,1-4H3;1-6,12-13H;2-4,10-11H;2*2-4,9-10H,1H3;2-3,10-11H;1-4,8-9H;1-3,8-9H. The van der Waals surface area contributed by atoms with Gasteiger partial charge in [0.25, 0.3) is 5.82 Å². The maximum atomic E-state index is 9.05. The van der Waals surface area contributed by atoms with Crippen molar-refractivity contribution < 1.29 is 79.6 Å². The van der Waals surface area contributed by atoms with Crippen LogP contribution in [0.15, 0.2) is 165 Å². The first-order valence-corrected chi connectivity index (χ1v) is 25.7. The minimum atomic E-state index is -1.62. The van der Waals surface area contributed by atoms with Crippen molar-refractivity contribution in [3.63, 3.8) is 0 Å². The molecule has 88 heavy (non-hydrogen) atoms. The zero-order valence-electron chi connectivity index (χ0n) is 48.1. The fourth-order valence-electron chi connectivity index (χ4n) is 6.40. The van der Waals surface area contributed by atoms with Gasteiger partial charge >= 0.3 is 56.9 Å². The van der Waals surface area contributed by atoms with Gasteiger partial charge in [0.2, 0.25) is 0 Å². The first-order valence-electron chi connectivity index (χ1n) is 25.7. The van der Waals surface area contributed by atoms with Gasteiger partial charge in [-0.3, -0.25) is 39.9 Å². The Kier molecular flexibility index (Phi) is 31.6. The summed E-state index contributed by atoms with van der Waals surface area (Å²) in [7, 11) is -10.7. The number of fused-ring (bicyclic) bond motifs is 1. The van der Waals surface area contributed by atoms with Crippen molar-refractivity contribution in [3.8, 4) is 0 Å². The monoisotopic (exact) mass is 1200 g/mol. The van der Waals surface area contributed by atoms with E-state index < -0.39 is 56.9 Å². The van der Waals surface area contributed by atoms with Gasteiger partial charge in [-0.15, -0.1) is 4.98 Å². The van der Waals surface area contributed by atoms with Gasteiger partial charge in [-0.1, -0.05) is 24.8 Å². The Balaban J connectivity index is 0.000000265. The van der Waals surface area contributed by atoms with Gasteiger partial charge in [0.05, 0.1) is 46.3 Å². The van der Waals surface area contributed by atoms with Gasteiger partial charge in [-0.25, -0.2) is 4.85 Å². The van der Waals surface area contributed by atoms with E-state index in [0.29, 0.717) is 27.5 Å². The van der Waals surface area contributed by atoms with Crippen LogP contribution in [0.25, 0.3) is 20.6 Å². The van der Waals surface area contributed by atoms with Gasteiger partial charge in [0, 0.05) is 73.9 Å². The fourth-order valence-corrected chi connectivity index (χ4v) is 6.40. The van der Waals surface area contributed by atoms with Gasteiger partial charge in [-0.05, 0) is 141 Å². The summed E-state index contributed by atoms with van der Waals surface area (Å²) in [5.41, 5.74) is 5.01. The van der Waals surface area contributed by atoms with Gasteiger partial charge < -0.3 is 84.5 Å². The zero-order valence-corrected chi connectivity index (χ0v) is 48.1. The summed E-state index contributed by atoms with van der Waals surface area (Å²) in [6.45, 7) is 24.8. The normalized spacial score (nSPS) is 11.7. The Morgan fingerprint density at radius 1 is 0.443 bits per heavy atom. The predicted octanol–water partition coefficient (Wildman–Crippen LogP) is -6.23. The molecule has 1 aliphatic heterocycles. The molecule has 1 fully saturated rings.